The molecule has 2 aromatic carbocycles. The Hall–Kier alpha value is -2.81. The largest absolute Gasteiger partial charge is 0.497 e. The molecule has 3 aromatic rings. The fraction of sp³-hybridized carbons (Fsp3) is 0.227. The van der Waals surface area contributed by atoms with Gasteiger partial charge in [0.2, 0.25) is 0 Å². The summed E-state index contributed by atoms with van der Waals surface area (Å²) >= 11 is 1.38. The second-order valence-electron chi connectivity index (χ2n) is 7.10. The predicted octanol–water partition coefficient (Wildman–Crippen LogP) is 2.07. The van der Waals surface area contributed by atoms with E-state index in [0.29, 0.717) is 23.4 Å². The molecule has 0 saturated carbocycles. The number of carbonyl (C=O) groups is 1. The maximum Gasteiger partial charge on any atom is 0.489 e. The molecule has 2 N–H and O–H groups in total. The van der Waals surface area contributed by atoms with Crippen LogP contribution in [0.1, 0.15) is 9.67 Å². The molecule has 0 bridgehead atoms. The number of ether oxygens (including phenoxy) is 1. The monoisotopic (exact) mass is 422 g/mol. The number of methoxy groups -OCH3 is 1. The molecule has 4 rings (SSSR count). The van der Waals surface area contributed by atoms with Gasteiger partial charge in [0.15, 0.2) is 0 Å². The lowest BCUT2D eigenvalue weighted by Gasteiger charge is -2.36. The Morgan fingerprint density at radius 1 is 0.967 bits per heavy atom. The molecule has 30 heavy (non-hydrogen) atoms. The van der Waals surface area contributed by atoms with Gasteiger partial charge in [-0.05, 0) is 47.4 Å². The van der Waals surface area contributed by atoms with Crippen LogP contribution >= 0.6 is 11.3 Å². The lowest BCUT2D eigenvalue weighted by molar-refractivity contribution is 0.0751. The Morgan fingerprint density at radius 3 is 2.33 bits per heavy atom. The maximum atomic E-state index is 13.0. The summed E-state index contributed by atoms with van der Waals surface area (Å²) in [6.45, 7) is 2.86. The van der Waals surface area contributed by atoms with Crippen LogP contribution in [0.2, 0.25) is 0 Å². The zero-order valence-electron chi connectivity index (χ0n) is 16.7. The fourth-order valence-electron chi connectivity index (χ4n) is 3.66. The average molecular weight is 422 g/mol. The van der Waals surface area contributed by atoms with Gasteiger partial charge in [0.1, 0.15) is 5.75 Å². The van der Waals surface area contributed by atoms with Crippen molar-refractivity contribution in [3.8, 4) is 16.2 Å². The van der Waals surface area contributed by atoms with Gasteiger partial charge in [0, 0.05) is 36.7 Å². The molecule has 1 saturated heterocycles. The number of thiophene rings is 1. The van der Waals surface area contributed by atoms with E-state index in [2.05, 4.69) is 4.90 Å². The van der Waals surface area contributed by atoms with E-state index in [0.717, 1.165) is 35.0 Å². The molecule has 1 fully saturated rings. The lowest BCUT2D eigenvalue weighted by atomic mass is 9.77. The van der Waals surface area contributed by atoms with E-state index in [1.165, 1.54) is 11.3 Å². The van der Waals surface area contributed by atoms with E-state index < -0.39 is 7.12 Å². The van der Waals surface area contributed by atoms with E-state index in [9.17, 15) is 14.8 Å². The van der Waals surface area contributed by atoms with Crippen molar-refractivity contribution >= 4 is 35.5 Å². The average Bonchev–Trinajstić information content (AvgIpc) is 3.29. The molecule has 2 heterocycles. The molecule has 0 aliphatic carbocycles. The SMILES string of the molecule is COc1ccc(N2CCN(C(=O)c3ccc(-c4ccccc4B(O)O)s3)CC2)cc1. The van der Waals surface area contributed by atoms with Gasteiger partial charge in [-0.1, -0.05) is 24.3 Å². The van der Waals surface area contributed by atoms with Crippen molar-refractivity contribution in [2.75, 3.05) is 38.2 Å². The molecule has 6 nitrogen and oxygen atoms in total. The number of rotatable bonds is 5. The number of benzene rings is 2. The number of carbonyl (C=O) groups excluding carboxylic acids is 1. The molecular formula is C22H23BN2O4S. The van der Waals surface area contributed by atoms with Crippen LogP contribution in [0.15, 0.2) is 60.7 Å². The number of anilines is 1. The van der Waals surface area contributed by atoms with Crippen LogP contribution < -0.4 is 15.1 Å². The van der Waals surface area contributed by atoms with E-state index in [1.54, 1.807) is 19.2 Å². The Kier molecular flexibility index (Phi) is 6.08. The summed E-state index contributed by atoms with van der Waals surface area (Å²) in [5.41, 5.74) is 2.30. The van der Waals surface area contributed by atoms with Gasteiger partial charge in [-0.3, -0.25) is 4.79 Å². The fourth-order valence-corrected chi connectivity index (χ4v) is 4.68. The smallest absolute Gasteiger partial charge is 0.489 e. The lowest BCUT2D eigenvalue weighted by Crippen LogP contribution is -2.48. The number of amides is 1. The summed E-state index contributed by atoms with van der Waals surface area (Å²) in [5, 5.41) is 19.2. The molecule has 1 amide bonds. The summed E-state index contributed by atoms with van der Waals surface area (Å²) in [6, 6.07) is 18.8. The minimum atomic E-state index is -1.55. The molecule has 1 aliphatic rings. The van der Waals surface area contributed by atoms with Gasteiger partial charge < -0.3 is 24.6 Å². The summed E-state index contributed by atoms with van der Waals surface area (Å²) < 4.78 is 5.21. The Morgan fingerprint density at radius 2 is 1.67 bits per heavy atom. The quantitative estimate of drug-likeness (QED) is 0.616. The highest BCUT2D eigenvalue weighted by Crippen LogP contribution is 2.28. The minimum absolute atomic E-state index is 0.0164. The molecule has 1 aromatic heterocycles. The van der Waals surface area contributed by atoms with Crippen molar-refractivity contribution in [2.24, 2.45) is 0 Å². The predicted molar refractivity (Wildman–Crippen MR) is 121 cm³/mol. The van der Waals surface area contributed by atoms with Crippen molar-refractivity contribution in [1.82, 2.24) is 4.90 Å². The van der Waals surface area contributed by atoms with Crippen LogP contribution in [0.25, 0.3) is 10.4 Å². The minimum Gasteiger partial charge on any atom is -0.497 e. The summed E-state index contributed by atoms with van der Waals surface area (Å²) in [6.07, 6.45) is 0. The van der Waals surface area contributed by atoms with Crippen molar-refractivity contribution < 1.29 is 19.6 Å². The summed E-state index contributed by atoms with van der Waals surface area (Å²) in [5.74, 6) is 0.846. The van der Waals surface area contributed by atoms with Crippen LogP contribution in [0.3, 0.4) is 0 Å². The van der Waals surface area contributed by atoms with E-state index in [4.69, 9.17) is 4.74 Å². The summed E-state index contributed by atoms with van der Waals surface area (Å²) in [4.78, 5) is 18.6. The van der Waals surface area contributed by atoms with Crippen molar-refractivity contribution in [3.05, 3.63) is 65.5 Å². The van der Waals surface area contributed by atoms with Crippen LogP contribution in [-0.2, 0) is 0 Å². The Bertz CT molecular complexity index is 1010. The first-order chi connectivity index (χ1) is 14.6. The first kappa shape index (κ1) is 20.5. The van der Waals surface area contributed by atoms with Crippen LogP contribution in [0.4, 0.5) is 5.69 Å². The van der Waals surface area contributed by atoms with Crippen LogP contribution in [0, 0.1) is 0 Å². The zero-order valence-corrected chi connectivity index (χ0v) is 17.5. The van der Waals surface area contributed by atoms with Gasteiger partial charge in [0.25, 0.3) is 5.91 Å². The third-order valence-corrected chi connectivity index (χ3v) is 6.43. The first-order valence-corrected chi connectivity index (χ1v) is 10.6. The highest BCUT2D eigenvalue weighted by atomic mass is 32.1. The molecular weight excluding hydrogens is 399 g/mol. The van der Waals surface area contributed by atoms with Crippen LogP contribution in [-0.4, -0.2) is 61.3 Å². The molecule has 0 unspecified atom stereocenters. The number of hydrogen-bond acceptors (Lipinski definition) is 6. The first-order valence-electron chi connectivity index (χ1n) is 9.80. The Labute approximate surface area is 180 Å². The van der Waals surface area contributed by atoms with Crippen molar-refractivity contribution in [3.63, 3.8) is 0 Å². The van der Waals surface area contributed by atoms with Crippen molar-refractivity contribution in [2.45, 2.75) is 0 Å². The maximum absolute atomic E-state index is 13.0. The van der Waals surface area contributed by atoms with Gasteiger partial charge in [-0.15, -0.1) is 11.3 Å². The Balaban J connectivity index is 1.43. The normalized spacial score (nSPS) is 14.0. The molecule has 154 valence electrons. The van der Waals surface area contributed by atoms with E-state index in [-0.39, 0.29) is 5.91 Å². The third kappa shape index (κ3) is 4.21. The van der Waals surface area contributed by atoms with E-state index in [1.807, 2.05) is 53.4 Å². The van der Waals surface area contributed by atoms with Gasteiger partial charge in [0.05, 0.1) is 12.0 Å². The second-order valence-corrected chi connectivity index (χ2v) is 8.19. The third-order valence-electron chi connectivity index (χ3n) is 5.33. The molecule has 8 heteroatoms. The highest BCUT2D eigenvalue weighted by molar-refractivity contribution is 7.17. The number of hydrogen-bond donors (Lipinski definition) is 2. The number of nitrogens with zero attached hydrogens (tertiary/aromatic N) is 2. The molecule has 0 atom stereocenters. The molecule has 0 spiro atoms. The second kappa shape index (κ2) is 8.91. The topological polar surface area (TPSA) is 73.2 Å². The zero-order chi connectivity index (χ0) is 21.1. The van der Waals surface area contributed by atoms with Gasteiger partial charge in [-0.2, -0.15) is 0 Å². The molecule has 0 radical (unpaired) electrons. The standard InChI is InChI=1S/C22H23BN2O4S/c1-29-17-8-6-16(7-9-17)24-12-14-25(15-13-24)22(26)21-11-10-20(30-21)18-4-2-3-5-19(18)23(27)28/h2-11,27-28H,12-15H2,1H3. The van der Waals surface area contributed by atoms with Gasteiger partial charge in [-0.25, -0.2) is 0 Å². The van der Waals surface area contributed by atoms with Gasteiger partial charge >= 0.3 is 7.12 Å². The molecule has 1 aliphatic heterocycles. The highest BCUT2D eigenvalue weighted by Gasteiger charge is 2.24. The number of piperazine rings is 1. The van der Waals surface area contributed by atoms with E-state index >= 15 is 0 Å². The van der Waals surface area contributed by atoms with Crippen molar-refractivity contribution in [1.29, 1.82) is 0 Å². The van der Waals surface area contributed by atoms with Crippen LogP contribution in [0.5, 0.6) is 5.75 Å². The summed E-state index contributed by atoms with van der Waals surface area (Å²) in [7, 11) is 0.105.